The molecule has 2 amide bonds. The smallest absolute Gasteiger partial charge is 0.293 e. The highest BCUT2D eigenvalue weighted by Crippen LogP contribution is 2.43. The number of nitrogens with zero attached hydrogens (tertiary/aromatic N) is 1. The lowest BCUT2D eigenvalue weighted by Gasteiger charge is -2.28. The van der Waals surface area contributed by atoms with Crippen LogP contribution in [0.2, 0.25) is 5.02 Å². The van der Waals surface area contributed by atoms with Crippen molar-refractivity contribution in [2.24, 2.45) is 0 Å². The second-order valence-electron chi connectivity index (χ2n) is 8.28. The molecular weight excluding hydrogens is 412 g/mol. The summed E-state index contributed by atoms with van der Waals surface area (Å²) in [5.74, 6) is 0.143. The van der Waals surface area contributed by atoms with Crippen LogP contribution in [0.4, 0.5) is 11.4 Å². The molecule has 5 rings (SSSR count). The van der Waals surface area contributed by atoms with Crippen LogP contribution in [0.1, 0.15) is 47.4 Å². The van der Waals surface area contributed by atoms with Crippen LogP contribution < -0.4 is 10.2 Å². The molecule has 158 valence electrons. The summed E-state index contributed by atoms with van der Waals surface area (Å²) in [4.78, 5) is 28.0. The van der Waals surface area contributed by atoms with Gasteiger partial charge in [0.1, 0.15) is 0 Å². The number of benzene rings is 2. The minimum Gasteiger partial charge on any atom is -0.459 e. The third kappa shape index (κ3) is 3.53. The molecule has 1 aromatic heterocycles. The van der Waals surface area contributed by atoms with Crippen LogP contribution in [0.15, 0.2) is 65.3 Å². The van der Waals surface area contributed by atoms with Crippen molar-refractivity contribution in [2.75, 3.05) is 16.8 Å². The van der Waals surface area contributed by atoms with Gasteiger partial charge in [0.25, 0.3) is 5.91 Å². The lowest BCUT2D eigenvalue weighted by Crippen LogP contribution is -2.38. The van der Waals surface area contributed by atoms with Crippen LogP contribution in [0.3, 0.4) is 0 Å². The number of carbonyl (C=O) groups excluding carboxylic acids is 2. The Balaban J connectivity index is 1.41. The molecule has 1 aliphatic heterocycles. The number of rotatable bonds is 4. The third-order valence-corrected chi connectivity index (χ3v) is 6.76. The maximum absolute atomic E-state index is 13.5. The zero-order chi connectivity index (χ0) is 21.4. The number of amides is 2. The van der Waals surface area contributed by atoms with Crippen molar-refractivity contribution in [1.29, 1.82) is 0 Å². The molecular formula is C25H23ClN2O3. The maximum Gasteiger partial charge on any atom is 0.293 e. The van der Waals surface area contributed by atoms with Crippen molar-refractivity contribution < 1.29 is 14.0 Å². The highest BCUT2D eigenvalue weighted by Gasteiger charge is 2.42. The molecule has 2 heterocycles. The quantitative estimate of drug-likeness (QED) is 0.582. The zero-order valence-electron chi connectivity index (χ0n) is 17.1. The predicted octanol–water partition coefficient (Wildman–Crippen LogP) is 5.59. The van der Waals surface area contributed by atoms with Crippen LogP contribution in [0.25, 0.3) is 0 Å². The van der Waals surface area contributed by atoms with E-state index in [0.717, 1.165) is 48.9 Å². The number of nitrogens with one attached hydrogen (secondary N) is 1. The van der Waals surface area contributed by atoms with Crippen molar-refractivity contribution in [3.8, 4) is 0 Å². The third-order valence-electron chi connectivity index (χ3n) is 6.50. The fourth-order valence-electron chi connectivity index (χ4n) is 4.85. The topological polar surface area (TPSA) is 62.6 Å². The highest BCUT2D eigenvalue weighted by atomic mass is 35.5. The fraction of sp³-hybridized carbons (Fsp3) is 0.280. The average molecular weight is 435 g/mol. The molecule has 0 atom stereocenters. The first-order valence-corrected chi connectivity index (χ1v) is 11.0. The van der Waals surface area contributed by atoms with E-state index in [2.05, 4.69) is 5.32 Å². The Kier molecular flexibility index (Phi) is 5.06. The van der Waals surface area contributed by atoms with E-state index in [-0.39, 0.29) is 11.8 Å². The monoisotopic (exact) mass is 434 g/mol. The molecule has 31 heavy (non-hydrogen) atoms. The van der Waals surface area contributed by atoms with Gasteiger partial charge in [-0.1, -0.05) is 42.6 Å². The summed E-state index contributed by atoms with van der Waals surface area (Å²) in [5, 5.41) is 3.79. The van der Waals surface area contributed by atoms with Gasteiger partial charge in [-0.3, -0.25) is 9.59 Å². The van der Waals surface area contributed by atoms with Crippen molar-refractivity contribution in [3.05, 3.63) is 82.8 Å². The van der Waals surface area contributed by atoms with E-state index in [1.165, 1.54) is 6.26 Å². The molecule has 1 aliphatic carbocycles. The van der Waals surface area contributed by atoms with Gasteiger partial charge < -0.3 is 14.6 Å². The van der Waals surface area contributed by atoms with Gasteiger partial charge in [0.2, 0.25) is 5.91 Å². The fourth-order valence-corrected chi connectivity index (χ4v) is 4.97. The summed E-state index contributed by atoms with van der Waals surface area (Å²) in [6.07, 6.45) is 5.95. The Morgan fingerprint density at radius 3 is 2.52 bits per heavy atom. The van der Waals surface area contributed by atoms with Crippen LogP contribution in [0, 0.1) is 0 Å². The first-order chi connectivity index (χ1) is 15.1. The maximum atomic E-state index is 13.5. The molecule has 1 saturated carbocycles. The second-order valence-corrected chi connectivity index (χ2v) is 8.71. The normalized spacial score (nSPS) is 16.9. The Morgan fingerprint density at radius 1 is 1.03 bits per heavy atom. The first kappa shape index (κ1) is 19.9. The first-order valence-electron chi connectivity index (χ1n) is 10.6. The molecule has 1 N–H and O–H groups in total. The van der Waals surface area contributed by atoms with Gasteiger partial charge in [-0.15, -0.1) is 0 Å². The van der Waals surface area contributed by atoms with Gasteiger partial charge in [0.15, 0.2) is 5.76 Å². The van der Waals surface area contributed by atoms with Crippen molar-refractivity contribution >= 4 is 34.8 Å². The number of anilines is 2. The summed E-state index contributed by atoms with van der Waals surface area (Å²) in [7, 11) is 0. The van der Waals surface area contributed by atoms with E-state index in [1.807, 2.05) is 42.5 Å². The van der Waals surface area contributed by atoms with Crippen LogP contribution in [0.5, 0.6) is 0 Å². The van der Waals surface area contributed by atoms with Gasteiger partial charge in [0.05, 0.1) is 11.7 Å². The Hall–Kier alpha value is -3.05. The van der Waals surface area contributed by atoms with Crippen molar-refractivity contribution in [2.45, 2.75) is 37.5 Å². The van der Waals surface area contributed by atoms with Crippen molar-refractivity contribution in [3.63, 3.8) is 0 Å². The number of carbonyl (C=O) groups is 2. The molecule has 0 bridgehead atoms. The average Bonchev–Trinajstić information content (AvgIpc) is 3.54. The Morgan fingerprint density at radius 2 is 1.81 bits per heavy atom. The molecule has 3 aromatic rings. The molecule has 5 nitrogen and oxygen atoms in total. The van der Waals surface area contributed by atoms with Gasteiger partial charge in [0, 0.05) is 22.9 Å². The van der Waals surface area contributed by atoms with Crippen LogP contribution in [-0.2, 0) is 16.6 Å². The molecule has 6 heteroatoms. The number of hydrogen-bond acceptors (Lipinski definition) is 3. The van der Waals surface area contributed by atoms with E-state index in [4.69, 9.17) is 16.0 Å². The largest absolute Gasteiger partial charge is 0.459 e. The Labute approximate surface area is 186 Å². The molecule has 0 radical (unpaired) electrons. The zero-order valence-corrected chi connectivity index (χ0v) is 17.8. The van der Waals surface area contributed by atoms with E-state index in [9.17, 15) is 9.59 Å². The lowest BCUT2D eigenvalue weighted by atomic mass is 9.78. The SMILES string of the molecule is O=C(c1ccco1)N1CCc2ccc(NC(=O)C3(c4ccc(Cl)cc4)CCCC3)cc21. The summed E-state index contributed by atoms with van der Waals surface area (Å²) >= 11 is 6.06. The molecule has 2 aromatic carbocycles. The second kappa shape index (κ2) is 7.89. The van der Waals surface area contributed by atoms with Crippen LogP contribution in [-0.4, -0.2) is 18.4 Å². The molecule has 0 saturated heterocycles. The summed E-state index contributed by atoms with van der Waals surface area (Å²) in [6, 6.07) is 16.8. The summed E-state index contributed by atoms with van der Waals surface area (Å²) in [5.41, 5.74) is 3.07. The van der Waals surface area contributed by atoms with Gasteiger partial charge >= 0.3 is 0 Å². The van der Waals surface area contributed by atoms with Gasteiger partial charge in [-0.25, -0.2) is 0 Å². The molecule has 2 aliphatic rings. The van der Waals surface area contributed by atoms with Crippen LogP contribution >= 0.6 is 11.6 Å². The number of fused-ring (bicyclic) bond motifs is 1. The van der Waals surface area contributed by atoms with Crippen molar-refractivity contribution in [1.82, 2.24) is 0 Å². The standard InChI is InChI=1S/C25H23ClN2O3/c26-19-8-6-18(7-9-19)25(12-1-2-13-25)24(30)27-20-10-5-17-11-14-28(21(17)16-20)23(29)22-4-3-15-31-22/h3-10,15-16H,1-2,11-14H2,(H,27,30). The minimum atomic E-state index is -0.548. The number of furan rings is 1. The van der Waals surface area contributed by atoms with E-state index in [0.29, 0.717) is 23.0 Å². The molecule has 0 unspecified atom stereocenters. The van der Waals surface area contributed by atoms with E-state index >= 15 is 0 Å². The summed E-state index contributed by atoms with van der Waals surface area (Å²) in [6.45, 7) is 0.598. The lowest BCUT2D eigenvalue weighted by molar-refractivity contribution is -0.121. The van der Waals surface area contributed by atoms with E-state index < -0.39 is 5.41 Å². The number of halogens is 1. The van der Waals surface area contributed by atoms with E-state index in [1.54, 1.807) is 17.0 Å². The molecule has 0 spiro atoms. The minimum absolute atomic E-state index is 0.00539. The predicted molar refractivity (Wildman–Crippen MR) is 121 cm³/mol. The summed E-state index contributed by atoms with van der Waals surface area (Å²) < 4.78 is 5.29. The number of hydrogen-bond donors (Lipinski definition) is 1. The Bertz CT molecular complexity index is 1120. The van der Waals surface area contributed by atoms with Gasteiger partial charge in [-0.05, 0) is 66.8 Å². The van der Waals surface area contributed by atoms with Gasteiger partial charge in [-0.2, -0.15) is 0 Å². The highest BCUT2D eigenvalue weighted by molar-refractivity contribution is 6.30. The molecule has 1 fully saturated rings.